The molecule has 158 valence electrons. The number of hydrogen-bond donors (Lipinski definition) is 1. The summed E-state index contributed by atoms with van der Waals surface area (Å²) in [5, 5.41) is 2.71. The van der Waals surface area contributed by atoms with Gasteiger partial charge in [0.05, 0.1) is 19.8 Å². The Morgan fingerprint density at radius 3 is 2.75 bits per heavy atom. The van der Waals surface area contributed by atoms with Crippen LogP contribution in [0.15, 0.2) is 24.3 Å². The Kier molecular flexibility index (Phi) is 8.46. The Bertz CT molecular complexity index is 628. The van der Waals surface area contributed by atoms with Gasteiger partial charge in [-0.25, -0.2) is 13.6 Å². The number of alkyl halides is 4. The fourth-order valence-corrected chi connectivity index (χ4v) is 2.54. The van der Waals surface area contributed by atoms with Gasteiger partial charge in [0, 0.05) is 38.9 Å². The number of anilines is 1. The van der Waals surface area contributed by atoms with Gasteiger partial charge in [-0.05, 0) is 17.7 Å². The maximum absolute atomic E-state index is 12.8. The summed E-state index contributed by atoms with van der Waals surface area (Å²) >= 11 is 0. The van der Waals surface area contributed by atoms with Gasteiger partial charge in [0.1, 0.15) is 6.61 Å². The molecule has 0 atom stereocenters. The van der Waals surface area contributed by atoms with Crippen LogP contribution in [0.4, 0.5) is 28.0 Å². The third kappa shape index (κ3) is 7.25. The van der Waals surface area contributed by atoms with Crippen molar-refractivity contribution in [3.05, 3.63) is 29.8 Å². The highest BCUT2D eigenvalue weighted by Crippen LogP contribution is 2.23. The van der Waals surface area contributed by atoms with Crippen molar-refractivity contribution >= 4 is 11.7 Å². The lowest BCUT2D eigenvalue weighted by Crippen LogP contribution is -2.42. The largest absolute Gasteiger partial charge is 0.379 e. The van der Waals surface area contributed by atoms with E-state index in [4.69, 9.17) is 9.47 Å². The van der Waals surface area contributed by atoms with E-state index in [1.54, 1.807) is 36.2 Å². The van der Waals surface area contributed by atoms with Crippen LogP contribution in [0.1, 0.15) is 5.56 Å². The number of carbonyl (C=O) groups excluding carboxylic acids is 1. The molecule has 1 saturated heterocycles. The maximum Gasteiger partial charge on any atom is 0.330 e. The molecule has 0 aliphatic carbocycles. The molecule has 0 saturated carbocycles. The van der Waals surface area contributed by atoms with Crippen molar-refractivity contribution in [2.24, 2.45) is 0 Å². The number of urea groups is 1. The van der Waals surface area contributed by atoms with Crippen molar-refractivity contribution in [2.75, 3.05) is 58.4 Å². The Morgan fingerprint density at radius 2 is 2.07 bits per heavy atom. The zero-order valence-electron chi connectivity index (χ0n) is 15.7. The highest BCUT2D eigenvalue weighted by atomic mass is 19.3. The van der Waals surface area contributed by atoms with E-state index in [9.17, 15) is 22.4 Å². The first-order valence-electron chi connectivity index (χ1n) is 8.93. The molecule has 28 heavy (non-hydrogen) atoms. The summed E-state index contributed by atoms with van der Waals surface area (Å²) in [5.74, 6) is -4.19. The first kappa shape index (κ1) is 22.4. The molecule has 2 amide bonds. The van der Waals surface area contributed by atoms with Crippen LogP contribution in [-0.4, -0.2) is 81.2 Å². The third-order valence-corrected chi connectivity index (χ3v) is 4.26. The van der Waals surface area contributed by atoms with Gasteiger partial charge in [-0.1, -0.05) is 12.1 Å². The van der Waals surface area contributed by atoms with Crippen molar-refractivity contribution in [3.8, 4) is 0 Å². The molecular formula is C18H25F4N3O3. The van der Waals surface area contributed by atoms with Crippen molar-refractivity contribution < 1.29 is 31.8 Å². The Morgan fingerprint density at radius 1 is 1.36 bits per heavy atom. The van der Waals surface area contributed by atoms with E-state index in [2.05, 4.69) is 10.2 Å². The summed E-state index contributed by atoms with van der Waals surface area (Å²) in [7, 11) is 1.68. The minimum Gasteiger partial charge on any atom is -0.379 e. The second-order valence-electron chi connectivity index (χ2n) is 6.56. The molecule has 0 radical (unpaired) electrons. The molecule has 1 aliphatic rings. The number of nitrogens with one attached hydrogen (secondary N) is 1. The predicted molar refractivity (Wildman–Crippen MR) is 96.0 cm³/mol. The quantitative estimate of drug-likeness (QED) is 0.640. The van der Waals surface area contributed by atoms with Gasteiger partial charge < -0.3 is 19.7 Å². The molecule has 1 aliphatic heterocycles. The average Bonchev–Trinajstić information content (AvgIpc) is 2.67. The molecule has 6 nitrogen and oxygen atoms in total. The summed E-state index contributed by atoms with van der Waals surface area (Å²) in [6, 6.07) is 6.10. The number of amides is 2. The maximum atomic E-state index is 12.8. The smallest absolute Gasteiger partial charge is 0.330 e. The van der Waals surface area contributed by atoms with Gasteiger partial charge in [-0.15, -0.1) is 0 Å². The third-order valence-electron chi connectivity index (χ3n) is 4.26. The molecule has 10 heteroatoms. The summed E-state index contributed by atoms with van der Waals surface area (Å²) in [4.78, 5) is 16.0. The second kappa shape index (κ2) is 10.6. The lowest BCUT2D eigenvalue weighted by molar-refractivity contribution is -0.168. The zero-order chi connectivity index (χ0) is 20.6. The van der Waals surface area contributed by atoms with E-state index in [0.717, 1.165) is 19.6 Å². The monoisotopic (exact) mass is 407 g/mol. The summed E-state index contributed by atoms with van der Waals surface area (Å²) in [6.45, 7) is 2.69. The van der Waals surface area contributed by atoms with Crippen molar-refractivity contribution in [1.29, 1.82) is 0 Å². The predicted octanol–water partition coefficient (Wildman–Crippen LogP) is 2.90. The molecule has 2 rings (SSSR count). The minimum absolute atomic E-state index is 0.265. The van der Waals surface area contributed by atoms with Crippen molar-refractivity contribution in [2.45, 2.75) is 19.0 Å². The van der Waals surface area contributed by atoms with Crippen molar-refractivity contribution in [3.63, 3.8) is 0 Å². The zero-order valence-corrected chi connectivity index (χ0v) is 15.7. The van der Waals surface area contributed by atoms with Crippen LogP contribution in [0.5, 0.6) is 0 Å². The van der Waals surface area contributed by atoms with Gasteiger partial charge in [-0.2, -0.15) is 8.78 Å². The normalized spacial score (nSPS) is 15.6. The van der Waals surface area contributed by atoms with E-state index < -0.39 is 19.0 Å². The van der Waals surface area contributed by atoms with Gasteiger partial charge in [0.2, 0.25) is 0 Å². The topological polar surface area (TPSA) is 54.0 Å². The Hall–Kier alpha value is -1.91. The van der Waals surface area contributed by atoms with Crippen LogP contribution >= 0.6 is 0 Å². The number of rotatable bonds is 9. The van der Waals surface area contributed by atoms with Crippen LogP contribution in [0.25, 0.3) is 0 Å². The molecule has 1 fully saturated rings. The summed E-state index contributed by atoms with van der Waals surface area (Å²) in [6.07, 6.45) is -3.77. The first-order chi connectivity index (χ1) is 13.3. The van der Waals surface area contributed by atoms with Crippen LogP contribution in [0.2, 0.25) is 0 Å². The van der Waals surface area contributed by atoms with Gasteiger partial charge >= 0.3 is 18.4 Å². The number of nitrogens with zero attached hydrogens (tertiary/aromatic N) is 2. The van der Waals surface area contributed by atoms with Gasteiger partial charge in [0.25, 0.3) is 0 Å². The number of benzene rings is 1. The number of morpholine rings is 1. The Labute approximate surface area is 161 Å². The van der Waals surface area contributed by atoms with E-state index in [0.29, 0.717) is 31.0 Å². The molecule has 0 unspecified atom stereocenters. The number of ether oxygens (including phenoxy) is 2. The highest BCUT2D eigenvalue weighted by Gasteiger charge is 2.40. The van der Waals surface area contributed by atoms with E-state index >= 15 is 0 Å². The molecule has 1 N–H and O–H groups in total. The molecular weight excluding hydrogens is 382 g/mol. The van der Waals surface area contributed by atoms with Crippen LogP contribution in [-0.2, 0) is 16.1 Å². The first-order valence-corrected chi connectivity index (χ1v) is 8.93. The van der Waals surface area contributed by atoms with E-state index in [-0.39, 0.29) is 12.6 Å². The van der Waals surface area contributed by atoms with Crippen LogP contribution in [0, 0.1) is 0 Å². The van der Waals surface area contributed by atoms with Gasteiger partial charge in [0.15, 0.2) is 0 Å². The molecule has 1 aromatic carbocycles. The molecule has 1 heterocycles. The fraction of sp³-hybridized carbons (Fsp3) is 0.611. The van der Waals surface area contributed by atoms with Gasteiger partial charge in [-0.3, -0.25) is 4.90 Å². The average molecular weight is 407 g/mol. The summed E-state index contributed by atoms with van der Waals surface area (Å²) in [5.41, 5.74) is 0.948. The highest BCUT2D eigenvalue weighted by molar-refractivity contribution is 5.89. The molecule has 0 spiro atoms. The molecule has 0 bridgehead atoms. The number of hydrogen-bond acceptors (Lipinski definition) is 4. The lowest BCUT2D eigenvalue weighted by Gasteiger charge is -2.28. The van der Waals surface area contributed by atoms with E-state index in [1.807, 2.05) is 0 Å². The SMILES string of the molecule is CN(CCN1CCOCC1)C(=O)Nc1cccc(COCC(F)(F)C(F)F)c1. The van der Waals surface area contributed by atoms with Crippen LogP contribution in [0.3, 0.4) is 0 Å². The summed E-state index contributed by atoms with van der Waals surface area (Å²) < 4.78 is 59.9. The van der Waals surface area contributed by atoms with Crippen LogP contribution < -0.4 is 5.32 Å². The van der Waals surface area contributed by atoms with Crippen molar-refractivity contribution in [1.82, 2.24) is 9.80 Å². The number of likely N-dealkylation sites (N-methyl/N-ethyl adjacent to an activating group) is 1. The number of halogens is 4. The Balaban J connectivity index is 1.78. The lowest BCUT2D eigenvalue weighted by atomic mass is 10.2. The number of carbonyl (C=O) groups is 1. The second-order valence-corrected chi connectivity index (χ2v) is 6.56. The van der Waals surface area contributed by atoms with E-state index in [1.165, 1.54) is 0 Å². The minimum atomic E-state index is -4.19. The standard InChI is InChI=1S/C18H25F4N3O3/c1-24(5-6-25-7-9-27-10-8-25)17(26)23-15-4-2-3-14(11-15)12-28-13-18(21,22)16(19)20/h2-4,11,16H,5-10,12-13H2,1H3,(H,23,26). The fourth-order valence-electron chi connectivity index (χ4n) is 2.54. The molecule has 0 aromatic heterocycles. The molecule has 1 aromatic rings.